The predicted molar refractivity (Wildman–Crippen MR) is 129 cm³/mol. The van der Waals surface area contributed by atoms with Gasteiger partial charge in [0, 0.05) is 9.37 Å². The van der Waals surface area contributed by atoms with Crippen LogP contribution in [0.3, 0.4) is 0 Å². The molecule has 0 spiro atoms. The molecule has 0 radical (unpaired) electrons. The molecule has 0 saturated carbocycles. The van der Waals surface area contributed by atoms with Gasteiger partial charge in [-0.25, -0.2) is 4.79 Å². The first-order chi connectivity index (χ1) is 14.8. The Hall–Kier alpha value is -1.99. The average Bonchev–Trinajstić information content (AvgIpc) is 2.74. The molecule has 168 valence electrons. The van der Waals surface area contributed by atoms with Gasteiger partial charge in [0.05, 0.1) is 19.0 Å². The summed E-state index contributed by atoms with van der Waals surface area (Å²) in [4.78, 5) is 26.7. The van der Waals surface area contributed by atoms with E-state index >= 15 is 0 Å². The number of esters is 1. The molecule has 1 N–H and O–H groups in total. The maximum Gasteiger partial charge on any atom is 0.328 e. The fourth-order valence-corrected chi connectivity index (χ4v) is 4.71. The summed E-state index contributed by atoms with van der Waals surface area (Å²) in [7, 11) is 1.62. The Balaban J connectivity index is 2.24. The van der Waals surface area contributed by atoms with Crippen LogP contribution in [-0.2, 0) is 20.7 Å². The van der Waals surface area contributed by atoms with Gasteiger partial charge in [-0.3, -0.25) is 4.79 Å². The first-order valence-electron chi connectivity index (χ1n) is 10.3. The number of amides is 1. The number of halogens is 1. The second kappa shape index (κ2) is 12.8. The lowest BCUT2D eigenvalue weighted by atomic mass is 10.0. The van der Waals surface area contributed by atoms with E-state index in [9.17, 15) is 9.59 Å². The number of benzene rings is 2. The summed E-state index contributed by atoms with van der Waals surface area (Å²) in [5, 5.41) is 2.52. The highest BCUT2D eigenvalue weighted by atomic mass is 79.9. The monoisotopic (exact) mass is 507 g/mol. The second-order valence-electron chi connectivity index (χ2n) is 7.53. The molecule has 2 rings (SSSR count). The third-order valence-electron chi connectivity index (χ3n) is 4.57. The van der Waals surface area contributed by atoms with Crippen LogP contribution in [-0.4, -0.2) is 36.9 Å². The number of hydrogen-bond donors (Lipinski definition) is 1. The fraction of sp³-hybridized carbons (Fsp3) is 0.417. The molecule has 1 amide bonds. The molecular formula is C24H30BrNO4S. The molecule has 2 aromatic rings. The highest BCUT2D eigenvalue weighted by Gasteiger charge is 2.28. The fourth-order valence-electron chi connectivity index (χ4n) is 3.05. The van der Waals surface area contributed by atoms with Crippen LogP contribution in [0.15, 0.2) is 57.9 Å². The van der Waals surface area contributed by atoms with Crippen molar-refractivity contribution in [2.24, 2.45) is 5.92 Å². The van der Waals surface area contributed by atoms with Crippen LogP contribution in [0.1, 0.15) is 32.8 Å². The molecular weight excluding hydrogens is 478 g/mol. The zero-order chi connectivity index (χ0) is 22.8. The smallest absolute Gasteiger partial charge is 0.328 e. The van der Waals surface area contributed by atoms with E-state index in [4.69, 9.17) is 9.47 Å². The molecule has 2 aromatic carbocycles. The van der Waals surface area contributed by atoms with Crippen molar-refractivity contribution in [3.63, 3.8) is 0 Å². The minimum Gasteiger partial charge on any atom is -0.497 e. The van der Waals surface area contributed by atoms with E-state index in [0.29, 0.717) is 12.8 Å². The maximum atomic E-state index is 13.3. The van der Waals surface area contributed by atoms with Gasteiger partial charge < -0.3 is 14.8 Å². The Morgan fingerprint density at radius 1 is 1.10 bits per heavy atom. The van der Waals surface area contributed by atoms with Gasteiger partial charge in [-0.2, -0.15) is 0 Å². The molecule has 0 aliphatic carbocycles. The van der Waals surface area contributed by atoms with Gasteiger partial charge in [-0.05, 0) is 71.4 Å². The summed E-state index contributed by atoms with van der Waals surface area (Å²) in [6.45, 7) is 6.08. The minimum atomic E-state index is -0.661. The van der Waals surface area contributed by atoms with E-state index in [0.717, 1.165) is 20.7 Å². The van der Waals surface area contributed by atoms with Crippen LogP contribution in [0.4, 0.5) is 0 Å². The first kappa shape index (κ1) is 25.3. The zero-order valence-corrected chi connectivity index (χ0v) is 20.8. The maximum absolute atomic E-state index is 13.3. The van der Waals surface area contributed by atoms with Crippen LogP contribution in [0.2, 0.25) is 0 Å². The Kier molecular flexibility index (Phi) is 10.4. The van der Waals surface area contributed by atoms with E-state index in [-0.39, 0.29) is 18.4 Å². The SMILES string of the molecule is CCOC(=O)[C@@H](CC(C)C)NC(=O)C(Cc1ccc(OC)cc1)Sc1ccccc1Br. The minimum absolute atomic E-state index is 0.185. The van der Waals surface area contributed by atoms with E-state index in [2.05, 4.69) is 21.2 Å². The predicted octanol–water partition coefficient (Wildman–Crippen LogP) is 5.26. The number of methoxy groups -OCH3 is 1. The quantitative estimate of drug-likeness (QED) is 0.332. The summed E-state index contributed by atoms with van der Waals surface area (Å²) in [5.41, 5.74) is 1.01. The average molecular weight is 508 g/mol. The van der Waals surface area contributed by atoms with Crippen LogP contribution < -0.4 is 10.1 Å². The third-order valence-corrected chi connectivity index (χ3v) is 6.80. The van der Waals surface area contributed by atoms with Gasteiger partial charge in [0.1, 0.15) is 11.8 Å². The Morgan fingerprint density at radius 3 is 2.35 bits per heavy atom. The van der Waals surface area contributed by atoms with Gasteiger partial charge in [-0.1, -0.05) is 38.1 Å². The first-order valence-corrected chi connectivity index (χ1v) is 12.0. The molecule has 0 aliphatic rings. The van der Waals surface area contributed by atoms with Crippen molar-refractivity contribution >= 4 is 39.6 Å². The molecule has 0 bridgehead atoms. The number of carbonyl (C=O) groups excluding carboxylic acids is 2. The van der Waals surface area contributed by atoms with Crippen molar-refractivity contribution in [2.75, 3.05) is 13.7 Å². The molecule has 0 aromatic heterocycles. The number of hydrogen-bond acceptors (Lipinski definition) is 5. The van der Waals surface area contributed by atoms with Crippen LogP contribution >= 0.6 is 27.7 Å². The van der Waals surface area contributed by atoms with Crippen molar-refractivity contribution in [3.05, 3.63) is 58.6 Å². The van der Waals surface area contributed by atoms with Crippen LogP contribution in [0.25, 0.3) is 0 Å². The number of nitrogens with one attached hydrogen (secondary N) is 1. The molecule has 7 heteroatoms. The van der Waals surface area contributed by atoms with Gasteiger partial charge in [0.2, 0.25) is 5.91 Å². The van der Waals surface area contributed by atoms with E-state index in [1.165, 1.54) is 11.8 Å². The van der Waals surface area contributed by atoms with E-state index in [1.807, 2.05) is 62.4 Å². The van der Waals surface area contributed by atoms with Crippen molar-refractivity contribution < 1.29 is 19.1 Å². The number of ether oxygens (including phenoxy) is 2. The van der Waals surface area contributed by atoms with Crippen molar-refractivity contribution in [1.29, 1.82) is 0 Å². The number of thioether (sulfide) groups is 1. The zero-order valence-electron chi connectivity index (χ0n) is 18.4. The molecule has 0 aliphatic heterocycles. The molecule has 31 heavy (non-hydrogen) atoms. The normalized spacial score (nSPS) is 12.8. The highest BCUT2D eigenvalue weighted by molar-refractivity contribution is 9.10. The van der Waals surface area contributed by atoms with Crippen LogP contribution in [0.5, 0.6) is 5.75 Å². The summed E-state index contributed by atoms with van der Waals surface area (Å²) in [6.07, 6.45) is 1.04. The van der Waals surface area contributed by atoms with Crippen molar-refractivity contribution in [3.8, 4) is 5.75 Å². The van der Waals surface area contributed by atoms with Gasteiger partial charge >= 0.3 is 5.97 Å². The lowest BCUT2D eigenvalue weighted by Crippen LogP contribution is -2.46. The molecule has 2 atom stereocenters. The van der Waals surface area contributed by atoms with Gasteiger partial charge in [-0.15, -0.1) is 11.8 Å². The summed E-state index contributed by atoms with van der Waals surface area (Å²) in [5.74, 6) is 0.432. The molecule has 5 nitrogen and oxygen atoms in total. The Bertz CT molecular complexity index is 857. The standard InChI is InChI=1S/C24H30BrNO4S/c1-5-30-24(28)20(14-16(2)3)26-23(27)22(31-21-9-7-6-8-19(21)25)15-17-10-12-18(29-4)13-11-17/h6-13,16,20,22H,5,14-15H2,1-4H3,(H,26,27)/t20-,22?/m1/s1. The summed E-state index contributed by atoms with van der Waals surface area (Å²) >= 11 is 5.03. The highest BCUT2D eigenvalue weighted by Crippen LogP contribution is 2.32. The summed E-state index contributed by atoms with van der Waals surface area (Å²) < 4.78 is 11.3. The molecule has 1 unspecified atom stereocenters. The van der Waals surface area contributed by atoms with Gasteiger partial charge in [0.15, 0.2) is 0 Å². The van der Waals surface area contributed by atoms with Crippen molar-refractivity contribution in [2.45, 2.75) is 49.8 Å². The van der Waals surface area contributed by atoms with Crippen molar-refractivity contribution in [1.82, 2.24) is 5.32 Å². The number of carbonyl (C=O) groups is 2. The van der Waals surface area contributed by atoms with Gasteiger partial charge in [0.25, 0.3) is 0 Å². The second-order valence-corrected chi connectivity index (χ2v) is 9.63. The topological polar surface area (TPSA) is 64.6 Å². The van der Waals surface area contributed by atoms with E-state index in [1.54, 1.807) is 14.0 Å². The largest absolute Gasteiger partial charge is 0.497 e. The Morgan fingerprint density at radius 2 is 1.77 bits per heavy atom. The lowest BCUT2D eigenvalue weighted by molar-refractivity contribution is -0.147. The molecule has 0 saturated heterocycles. The van der Waals surface area contributed by atoms with Crippen LogP contribution in [0, 0.1) is 5.92 Å². The third kappa shape index (κ3) is 8.22. The van der Waals surface area contributed by atoms with E-state index < -0.39 is 17.3 Å². The molecule has 0 heterocycles. The Labute approximate surface area is 197 Å². The lowest BCUT2D eigenvalue weighted by Gasteiger charge is -2.23. The summed E-state index contributed by atoms with van der Waals surface area (Å²) in [6, 6.07) is 14.8. The number of rotatable bonds is 11. The molecule has 0 fully saturated rings.